The number of allylic oxidation sites excluding steroid dienone is 4. The van der Waals surface area contributed by atoms with Crippen LogP contribution in [0.3, 0.4) is 0 Å². The van der Waals surface area contributed by atoms with Crippen LogP contribution >= 0.6 is 0 Å². The standard InChI is InChI=1S/C12H18/c1-9-6-7-12-10(2)4-3-5-11(12)8-9/h4,9H,3,5-8H2,1-2H3. The topological polar surface area (TPSA) is 0 Å². The van der Waals surface area contributed by atoms with Gasteiger partial charge in [0, 0.05) is 0 Å². The van der Waals surface area contributed by atoms with Crippen LogP contribution in [0.15, 0.2) is 22.8 Å². The average Bonchev–Trinajstić information content (AvgIpc) is 2.04. The first-order chi connectivity index (χ1) is 5.77. The van der Waals surface area contributed by atoms with E-state index in [4.69, 9.17) is 0 Å². The largest absolute Gasteiger partial charge is 0.0810 e. The van der Waals surface area contributed by atoms with Gasteiger partial charge in [0.05, 0.1) is 0 Å². The van der Waals surface area contributed by atoms with Gasteiger partial charge in [-0.25, -0.2) is 0 Å². The Morgan fingerprint density at radius 2 is 2.17 bits per heavy atom. The molecule has 0 N–H and O–H groups in total. The Morgan fingerprint density at radius 3 is 3.00 bits per heavy atom. The maximum atomic E-state index is 2.41. The van der Waals surface area contributed by atoms with Gasteiger partial charge in [-0.1, -0.05) is 24.1 Å². The maximum Gasteiger partial charge on any atom is -0.0274 e. The summed E-state index contributed by atoms with van der Waals surface area (Å²) in [4.78, 5) is 0. The lowest BCUT2D eigenvalue weighted by molar-refractivity contribution is 0.484. The highest BCUT2D eigenvalue weighted by Gasteiger charge is 2.20. The van der Waals surface area contributed by atoms with Gasteiger partial charge in [0.2, 0.25) is 0 Å². The third-order valence-electron chi connectivity index (χ3n) is 3.28. The van der Waals surface area contributed by atoms with Crippen LogP contribution in [-0.4, -0.2) is 0 Å². The van der Waals surface area contributed by atoms with Crippen LogP contribution in [0.5, 0.6) is 0 Å². The van der Waals surface area contributed by atoms with Crippen molar-refractivity contribution < 1.29 is 0 Å². The minimum absolute atomic E-state index is 0.939. The monoisotopic (exact) mass is 162 g/mol. The molecule has 0 aromatic carbocycles. The molecular formula is C12H18. The minimum Gasteiger partial charge on any atom is -0.0810 e. The van der Waals surface area contributed by atoms with Crippen LogP contribution in [0, 0.1) is 5.92 Å². The molecule has 0 radical (unpaired) electrons. The second-order valence-corrected chi connectivity index (χ2v) is 4.36. The van der Waals surface area contributed by atoms with Crippen molar-refractivity contribution in [3.8, 4) is 0 Å². The summed E-state index contributed by atoms with van der Waals surface area (Å²) < 4.78 is 0. The van der Waals surface area contributed by atoms with E-state index in [-0.39, 0.29) is 0 Å². The molecule has 2 aliphatic rings. The van der Waals surface area contributed by atoms with Crippen LogP contribution in [0.1, 0.15) is 46.0 Å². The first kappa shape index (κ1) is 8.10. The quantitative estimate of drug-likeness (QED) is 0.507. The lowest BCUT2D eigenvalue weighted by Gasteiger charge is -2.28. The van der Waals surface area contributed by atoms with E-state index in [1.165, 1.54) is 32.1 Å². The highest BCUT2D eigenvalue weighted by atomic mass is 14.3. The SMILES string of the molecule is CC1=CCCC2=C1CCC(C)C2. The Balaban J connectivity index is 2.26. The van der Waals surface area contributed by atoms with Crippen molar-refractivity contribution in [2.24, 2.45) is 5.92 Å². The summed E-state index contributed by atoms with van der Waals surface area (Å²) in [7, 11) is 0. The fourth-order valence-corrected chi connectivity index (χ4v) is 2.53. The summed E-state index contributed by atoms with van der Waals surface area (Å²) in [6.45, 7) is 4.67. The molecule has 0 aromatic rings. The minimum atomic E-state index is 0.939. The lowest BCUT2D eigenvalue weighted by Crippen LogP contribution is -2.10. The van der Waals surface area contributed by atoms with Gasteiger partial charge in [0.1, 0.15) is 0 Å². The summed E-state index contributed by atoms with van der Waals surface area (Å²) in [5, 5.41) is 0. The second kappa shape index (κ2) is 3.08. The van der Waals surface area contributed by atoms with Crippen molar-refractivity contribution in [1.82, 2.24) is 0 Å². The van der Waals surface area contributed by atoms with E-state index >= 15 is 0 Å². The molecule has 0 saturated heterocycles. The first-order valence-corrected chi connectivity index (χ1v) is 5.15. The summed E-state index contributed by atoms with van der Waals surface area (Å²) in [5.74, 6) is 0.939. The molecule has 0 amide bonds. The fraction of sp³-hybridized carbons (Fsp3) is 0.667. The van der Waals surface area contributed by atoms with Crippen molar-refractivity contribution in [2.45, 2.75) is 46.0 Å². The Bertz CT molecular complexity index is 243. The molecule has 0 heterocycles. The van der Waals surface area contributed by atoms with Gasteiger partial charge in [-0.3, -0.25) is 0 Å². The average molecular weight is 162 g/mol. The predicted octanol–water partition coefficient (Wildman–Crippen LogP) is 3.84. The van der Waals surface area contributed by atoms with Gasteiger partial charge in [-0.05, 0) is 50.5 Å². The molecule has 0 nitrogen and oxygen atoms in total. The zero-order valence-electron chi connectivity index (χ0n) is 8.19. The van der Waals surface area contributed by atoms with Gasteiger partial charge < -0.3 is 0 Å². The smallest absolute Gasteiger partial charge is 0.0274 e. The molecule has 2 aliphatic carbocycles. The summed E-state index contributed by atoms with van der Waals surface area (Å²) in [6, 6.07) is 0. The lowest BCUT2D eigenvalue weighted by atomic mass is 9.78. The van der Waals surface area contributed by atoms with Crippen molar-refractivity contribution >= 4 is 0 Å². The predicted molar refractivity (Wildman–Crippen MR) is 53.0 cm³/mol. The van der Waals surface area contributed by atoms with Gasteiger partial charge in [-0.15, -0.1) is 0 Å². The Labute approximate surface area is 75.4 Å². The third-order valence-corrected chi connectivity index (χ3v) is 3.28. The zero-order valence-corrected chi connectivity index (χ0v) is 8.19. The van der Waals surface area contributed by atoms with Gasteiger partial charge in [0.25, 0.3) is 0 Å². The van der Waals surface area contributed by atoms with Crippen LogP contribution < -0.4 is 0 Å². The first-order valence-electron chi connectivity index (χ1n) is 5.15. The van der Waals surface area contributed by atoms with Crippen molar-refractivity contribution in [2.75, 3.05) is 0 Å². The number of rotatable bonds is 0. The van der Waals surface area contributed by atoms with E-state index < -0.39 is 0 Å². The van der Waals surface area contributed by atoms with Crippen LogP contribution in [-0.2, 0) is 0 Å². The van der Waals surface area contributed by atoms with E-state index in [1.54, 1.807) is 16.7 Å². The Morgan fingerprint density at radius 1 is 1.33 bits per heavy atom. The molecule has 1 atom stereocenters. The molecule has 0 fully saturated rings. The van der Waals surface area contributed by atoms with Crippen LogP contribution in [0.4, 0.5) is 0 Å². The molecule has 0 bridgehead atoms. The second-order valence-electron chi connectivity index (χ2n) is 4.36. The third kappa shape index (κ3) is 1.35. The van der Waals surface area contributed by atoms with Crippen molar-refractivity contribution in [3.05, 3.63) is 22.8 Å². The molecule has 1 unspecified atom stereocenters. The van der Waals surface area contributed by atoms with Crippen molar-refractivity contribution in [3.63, 3.8) is 0 Å². The van der Waals surface area contributed by atoms with E-state index in [9.17, 15) is 0 Å². The van der Waals surface area contributed by atoms with Gasteiger partial charge in [0.15, 0.2) is 0 Å². The van der Waals surface area contributed by atoms with E-state index in [0.29, 0.717) is 0 Å². The molecular weight excluding hydrogens is 144 g/mol. The zero-order chi connectivity index (χ0) is 8.55. The molecule has 2 rings (SSSR count). The normalized spacial score (nSPS) is 29.8. The van der Waals surface area contributed by atoms with Crippen LogP contribution in [0.2, 0.25) is 0 Å². The highest BCUT2D eigenvalue weighted by Crippen LogP contribution is 2.37. The van der Waals surface area contributed by atoms with Gasteiger partial charge in [-0.2, -0.15) is 0 Å². The van der Waals surface area contributed by atoms with Crippen molar-refractivity contribution in [1.29, 1.82) is 0 Å². The molecule has 0 saturated carbocycles. The summed E-state index contributed by atoms with van der Waals surface area (Å²) >= 11 is 0. The Kier molecular flexibility index (Phi) is 2.08. The van der Waals surface area contributed by atoms with E-state index in [1.807, 2.05) is 0 Å². The maximum absolute atomic E-state index is 2.41. The molecule has 12 heavy (non-hydrogen) atoms. The Hall–Kier alpha value is -0.520. The summed E-state index contributed by atoms with van der Waals surface area (Å²) in [6.07, 6.45) is 9.17. The van der Waals surface area contributed by atoms with E-state index in [0.717, 1.165) is 5.92 Å². The van der Waals surface area contributed by atoms with E-state index in [2.05, 4.69) is 19.9 Å². The summed E-state index contributed by atoms with van der Waals surface area (Å²) in [5.41, 5.74) is 5.05. The molecule has 0 aliphatic heterocycles. The molecule has 0 aromatic heterocycles. The molecule has 0 heteroatoms. The fourth-order valence-electron chi connectivity index (χ4n) is 2.53. The number of hydrogen-bond acceptors (Lipinski definition) is 0. The number of hydrogen-bond donors (Lipinski definition) is 0. The van der Waals surface area contributed by atoms with Gasteiger partial charge >= 0.3 is 0 Å². The molecule has 0 spiro atoms. The highest BCUT2D eigenvalue weighted by molar-refractivity contribution is 5.38. The molecule has 66 valence electrons. The van der Waals surface area contributed by atoms with Crippen LogP contribution in [0.25, 0.3) is 0 Å².